The van der Waals surface area contributed by atoms with Gasteiger partial charge in [-0.15, -0.1) is 12.3 Å². The third kappa shape index (κ3) is 14.8. The van der Waals surface area contributed by atoms with Gasteiger partial charge in [0, 0.05) is 6.42 Å². The molecule has 2 atom stereocenters. The number of rotatable bonds is 24. The van der Waals surface area contributed by atoms with Crippen molar-refractivity contribution in [1.29, 1.82) is 0 Å². The summed E-state index contributed by atoms with van der Waals surface area (Å²) < 4.78 is 24.9. The summed E-state index contributed by atoms with van der Waals surface area (Å²) in [6.45, 7) is 2.52. The second-order valence-electron chi connectivity index (χ2n) is 10.5. The molecular weight excluding hydrogens is 513 g/mol. The van der Waals surface area contributed by atoms with Gasteiger partial charge in [0.25, 0.3) is 0 Å². The van der Waals surface area contributed by atoms with Crippen molar-refractivity contribution in [3.05, 3.63) is 12.7 Å². The fraction of sp³-hybridized carbons (Fsp3) is 0.759. The number of nitrogens with two attached hydrogens (primary N) is 1. The van der Waals surface area contributed by atoms with E-state index >= 15 is 0 Å². The summed E-state index contributed by atoms with van der Waals surface area (Å²) >= 11 is 0. The maximum absolute atomic E-state index is 12.3. The maximum atomic E-state index is 12.3. The third-order valence-electron chi connectivity index (χ3n) is 6.91. The van der Waals surface area contributed by atoms with Gasteiger partial charge in [-0.05, 0) is 19.8 Å². The van der Waals surface area contributed by atoms with Crippen molar-refractivity contribution in [1.82, 2.24) is 19.5 Å². The molecule has 0 radical (unpaired) electrons. The molecule has 2 heterocycles. The topological polar surface area (TPSA) is 125 Å². The summed E-state index contributed by atoms with van der Waals surface area (Å²) in [6.07, 6.45) is 28.6. The van der Waals surface area contributed by atoms with Crippen LogP contribution in [0.1, 0.15) is 116 Å². The van der Waals surface area contributed by atoms with E-state index in [-0.39, 0.29) is 19.1 Å². The van der Waals surface area contributed by atoms with E-state index in [2.05, 4.69) is 20.9 Å². The van der Waals surface area contributed by atoms with Gasteiger partial charge < -0.3 is 24.5 Å². The summed E-state index contributed by atoms with van der Waals surface area (Å²) in [5.74, 6) is 3.03. The summed E-state index contributed by atoms with van der Waals surface area (Å²) in [6, 6.07) is 0. The van der Waals surface area contributed by atoms with Crippen molar-refractivity contribution >= 4 is 24.6 Å². The molecule has 220 valence electrons. The number of aromatic nitrogens is 4. The first-order valence-corrected chi connectivity index (χ1v) is 16.6. The average Bonchev–Trinajstić information content (AvgIpc) is 3.32. The minimum absolute atomic E-state index is 0.277. The minimum atomic E-state index is -3.78. The van der Waals surface area contributed by atoms with Gasteiger partial charge in [-0.2, -0.15) is 0 Å². The van der Waals surface area contributed by atoms with Gasteiger partial charge in [0.1, 0.15) is 18.2 Å². The molecule has 3 N–H and O–H groups in total. The Labute approximate surface area is 235 Å². The van der Waals surface area contributed by atoms with E-state index in [1.807, 2.05) is 6.92 Å². The number of hydrogen-bond donors (Lipinski definition) is 2. The fourth-order valence-corrected chi connectivity index (χ4v) is 5.56. The molecule has 0 saturated carbocycles. The van der Waals surface area contributed by atoms with Crippen LogP contribution in [0.4, 0.5) is 5.82 Å². The molecule has 0 aliphatic carbocycles. The van der Waals surface area contributed by atoms with Gasteiger partial charge in [0.15, 0.2) is 11.5 Å². The molecule has 0 aliphatic heterocycles. The SMILES string of the molecule is C#CCCCCCCCCCCCCCCCCCCOP(=O)(O)CO[C@H](C)Cn1cnc2c(N)ncnc21. The Morgan fingerprint density at radius 2 is 1.46 bits per heavy atom. The largest absolute Gasteiger partial charge is 0.382 e. The molecule has 0 fully saturated rings. The molecule has 2 rings (SSSR count). The quantitative estimate of drug-likeness (QED) is 0.0778. The molecule has 0 aliphatic rings. The van der Waals surface area contributed by atoms with Crippen LogP contribution in [-0.4, -0.2) is 43.5 Å². The lowest BCUT2D eigenvalue weighted by Gasteiger charge is -2.17. The van der Waals surface area contributed by atoms with Crippen LogP contribution >= 0.6 is 7.60 Å². The standard InChI is InChI=1S/C29H50N5O4P/c1-3-4-5-6-7-8-9-10-11-12-13-14-15-16-17-18-19-20-21-38-39(35,36)25-37-26(2)22-34-24-33-27-28(30)31-23-32-29(27)34/h1,23-24,26H,4-22,25H2,2H3,(H,35,36)(H2,30,31,32)/t26-/m1/s1. The molecule has 0 amide bonds. The molecule has 2 aromatic rings. The Kier molecular flexibility index (Phi) is 17.0. The molecule has 2 aromatic heterocycles. The number of unbranched alkanes of at least 4 members (excludes halogenated alkanes) is 16. The summed E-state index contributed by atoms with van der Waals surface area (Å²) in [5, 5.41) is 0. The Hall–Kier alpha value is -1.98. The number of nitrogen functional groups attached to an aromatic ring is 1. The van der Waals surface area contributed by atoms with Crippen LogP contribution < -0.4 is 5.73 Å². The van der Waals surface area contributed by atoms with Crippen molar-refractivity contribution in [3.63, 3.8) is 0 Å². The van der Waals surface area contributed by atoms with Gasteiger partial charge in [-0.1, -0.05) is 89.9 Å². The summed E-state index contributed by atoms with van der Waals surface area (Å²) in [4.78, 5) is 22.4. The molecule has 9 nitrogen and oxygen atoms in total. The number of imidazole rings is 1. The average molecular weight is 564 g/mol. The predicted octanol–water partition coefficient (Wildman–Crippen LogP) is 7.24. The van der Waals surface area contributed by atoms with Gasteiger partial charge >= 0.3 is 7.60 Å². The molecule has 0 spiro atoms. The van der Waals surface area contributed by atoms with Gasteiger partial charge in [0.05, 0.1) is 25.6 Å². The lowest BCUT2D eigenvalue weighted by Crippen LogP contribution is -2.17. The highest BCUT2D eigenvalue weighted by Crippen LogP contribution is 2.42. The zero-order valence-electron chi connectivity index (χ0n) is 23.9. The maximum Gasteiger partial charge on any atom is 0.353 e. The van der Waals surface area contributed by atoms with Crippen LogP contribution in [0.5, 0.6) is 0 Å². The third-order valence-corrected chi connectivity index (χ3v) is 7.98. The number of ether oxygens (including phenoxy) is 1. The molecule has 0 bridgehead atoms. The molecule has 39 heavy (non-hydrogen) atoms. The molecule has 0 aromatic carbocycles. The Morgan fingerprint density at radius 1 is 0.923 bits per heavy atom. The van der Waals surface area contributed by atoms with Crippen LogP contribution in [0, 0.1) is 12.3 Å². The zero-order valence-corrected chi connectivity index (χ0v) is 24.8. The Balaban J connectivity index is 1.38. The van der Waals surface area contributed by atoms with Crippen molar-refractivity contribution in [3.8, 4) is 12.3 Å². The van der Waals surface area contributed by atoms with E-state index < -0.39 is 7.60 Å². The van der Waals surface area contributed by atoms with Gasteiger partial charge in [-0.3, -0.25) is 4.57 Å². The number of nitrogens with zero attached hydrogens (tertiary/aromatic N) is 4. The predicted molar refractivity (Wildman–Crippen MR) is 158 cm³/mol. The Morgan fingerprint density at radius 3 is 2.03 bits per heavy atom. The first-order valence-electron chi connectivity index (χ1n) is 14.9. The molecule has 0 saturated heterocycles. The monoisotopic (exact) mass is 563 g/mol. The van der Waals surface area contributed by atoms with Crippen molar-refractivity contribution in [2.45, 2.75) is 129 Å². The highest BCUT2D eigenvalue weighted by atomic mass is 31.2. The van der Waals surface area contributed by atoms with Crippen molar-refractivity contribution in [2.75, 3.05) is 18.7 Å². The number of hydrogen-bond acceptors (Lipinski definition) is 7. The van der Waals surface area contributed by atoms with Gasteiger partial charge in [-0.25, -0.2) is 15.0 Å². The summed E-state index contributed by atoms with van der Waals surface area (Å²) in [7, 11) is -3.78. The van der Waals surface area contributed by atoms with Crippen molar-refractivity contribution in [2.24, 2.45) is 0 Å². The van der Waals surface area contributed by atoms with Crippen molar-refractivity contribution < 1.29 is 18.7 Å². The highest BCUT2D eigenvalue weighted by molar-refractivity contribution is 7.52. The van der Waals surface area contributed by atoms with E-state index in [1.54, 1.807) is 10.9 Å². The second kappa shape index (κ2) is 20.0. The van der Waals surface area contributed by atoms with Crippen LogP contribution in [-0.2, 0) is 20.4 Å². The Bertz CT molecular complexity index is 1010. The highest BCUT2D eigenvalue weighted by Gasteiger charge is 2.21. The minimum Gasteiger partial charge on any atom is -0.382 e. The van der Waals surface area contributed by atoms with E-state index in [1.165, 1.54) is 89.8 Å². The first-order chi connectivity index (χ1) is 18.9. The lowest BCUT2D eigenvalue weighted by molar-refractivity contribution is 0.0715. The molecule has 10 heteroatoms. The zero-order chi connectivity index (χ0) is 28.2. The number of terminal acetylenes is 1. The lowest BCUT2D eigenvalue weighted by atomic mass is 10.0. The first kappa shape index (κ1) is 33.2. The van der Waals surface area contributed by atoms with Crippen LogP contribution in [0.25, 0.3) is 11.2 Å². The van der Waals surface area contributed by atoms with Crippen LogP contribution in [0.15, 0.2) is 12.7 Å². The van der Waals surface area contributed by atoms with E-state index in [0.717, 1.165) is 25.7 Å². The summed E-state index contributed by atoms with van der Waals surface area (Å²) in [5.41, 5.74) is 6.94. The van der Waals surface area contributed by atoms with Crippen LogP contribution in [0.2, 0.25) is 0 Å². The fourth-order valence-electron chi connectivity index (χ4n) is 4.63. The normalized spacial score (nSPS) is 13.9. The van der Waals surface area contributed by atoms with E-state index in [0.29, 0.717) is 23.5 Å². The molecule has 1 unspecified atom stereocenters. The second-order valence-corrected chi connectivity index (χ2v) is 12.3. The van der Waals surface area contributed by atoms with Crippen LogP contribution in [0.3, 0.4) is 0 Å². The van der Waals surface area contributed by atoms with E-state index in [4.69, 9.17) is 21.4 Å². The van der Waals surface area contributed by atoms with E-state index in [9.17, 15) is 9.46 Å². The van der Waals surface area contributed by atoms with Gasteiger partial charge in [0.2, 0.25) is 0 Å². The number of fused-ring (bicyclic) bond motifs is 1. The smallest absolute Gasteiger partial charge is 0.353 e. The molecular formula is C29H50N5O4P. The number of anilines is 1.